The zero-order valence-electron chi connectivity index (χ0n) is 12.5. The van der Waals surface area contributed by atoms with E-state index < -0.39 is 0 Å². The molecule has 0 aliphatic carbocycles. The van der Waals surface area contributed by atoms with Crippen molar-refractivity contribution in [2.45, 2.75) is 53.4 Å². The van der Waals surface area contributed by atoms with E-state index in [1.54, 1.807) is 7.11 Å². The minimum atomic E-state index is 0.952. The van der Waals surface area contributed by atoms with Gasteiger partial charge < -0.3 is 4.74 Å². The second-order valence-corrected chi connectivity index (χ2v) is 4.94. The summed E-state index contributed by atoms with van der Waals surface area (Å²) in [7, 11) is 1.73. The Hall–Kier alpha value is -1.24. The lowest BCUT2D eigenvalue weighted by Gasteiger charge is -2.15. The van der Waals surface area contributed by atoms with Crippen LogP contribution in [0.15, 0.2) is 23.8 Å². The van der Waals surface area contributed by atoms with E-state index in [0.717, 1.165) is 12.2 Å². The van der Waals surface area contributed by atoms with E-state index in [1.807, 2.05) is 6.07 Å². The Bertz CT molecular complexity index is 416. The van der Waals surface area contributed by atoms with Crippen LogP contribution in [0.25, 0.3) is 5.57 Å². The van der Waals surface area contributed by atoms with Crippen LogP contribution in [0.1, 0.15) is 57.6 Å². The van der Waals surface area contributed by atoms with Crippen molar-refractivity contribution in [1.82, 2.24) is 0 Å². The number of hydrogen-bond donors (Lipinski definition) is 0. The van der Waals surface area contributed by atoms with Crippen molar-refractivity contribution in [3.8, 4) is 5.75 Å². The third-order valence-corrected chi connectivity index (χ3v) is 3.41. The fraction of sp³-hybridized carbons (Fsp3) is 0.529. The van der Waals surface area contributed by atoms with E-state index >= 15 is 0 Å². The summed E-state index contributed by atoms with van der Waals surface area (Å²) in [5.74, 6) is 0.952. The van der Waals surface area contributed by atoms with E-state index in [-0.39, 0.29) is 0 Å². The fourth-order valence-electron chi connectivity index (χ4n) is 2.41. The van der Waals surface area contributed by atoms with Gasteiger partial charge in [-0.15, -0.1) is 0 Å². The van der Waals surface area contributed by atoms with Crippen LogP contribution in [0, 0.1) is 6.92 Å². The van der Waals surface area contributed by atoms with Crippen LogP contribution in [-0.2, 0) is 0 Å². The predicted octanol–water partition coefficient (Wildman–Crippen LogP) is 5.38. The molecule has 0 saturated heterocycles. The van der Waals surface area contributed by atoms with Gasteiger partial charge in [-0.05, 0) is 55.5 Å². The minimum Gasteiger partial charge on any atom is -0.497 e. The highest BCUT2D eigenvalue weighted by molar-refractivity contribution is 5.71. The van der Waals surface area contributed by atoms with E-state index in [9.17, 15) is 0 Å². The second-order valence-electron chi connectivity index (χ2n) is 4.94. The molecule has 1 rings (SSSR count). The average Bonchev–Trinajstić information content (AvgIpc) is 2.37. The zero-order valence-corrected chi connectivity index (χ0v) is 12.5. The molecule has 0 spiro atoms. The van der Waals surface area contributed by atoms with Gasteiger partial charge in [0.2, 0.25) is 0 Å². The molecule has 0 aromatic heterocycles. The molecule has 18 heavy (non-hydrogen) atoms. The van der Waals surface area contributed by atoms with Crippen LogP contribution in [0.3, 0.4) is 0 Å². The van der Waals surface area contributed by atoms with Gasteiger partial charge in [0.15, 0.2) is 0 Å². The number of allylic oxidation sites excluding steroid dienone is 2. The maximum absolute atomic E-state index is 5.36. The van der Waals surface area contributed by atoms with Gasteiger partial charge in [-0.25, -0.2) is 0 Å². The predicted molar refractivity (Wildman–Crippen MR) is 80.1 cm³/mol. The van der Waals surface area contributed by atoms with E-state index in [2.05, 4.69) is 39.8 Å². The van der Waals surface area contributed by atoms with Crippen molar-refractivity contribution in [3.63, 3.8) is 0 Å². The van der Waals surface area contributed by atoms with Crippen molar-refractivity contribution in [3.05, 3.63) is 34.9 Å². The molecule has 1 heteroatoms. The Morgan fingerprint density at radius 2 is 1.78 bits per heavy atom. The second kappa shape index (κ2) is 7.25. The number of rotatable bonds is 6. The van der Waals surface area contributed by atoms with Gasteiger partial charge in [0.25, 0.3) is 0 Å². The summed E-state index contributed by atoms with van der Waals surface area (Å²) >= 11 is 0. The number of methoxy groups -OCH3 is 1. The molecule has 0 radical (unpaired) electrons. The van der Waals surface area contributed by atoms with E-state index in [0.29, 0.717) is 0 Å². The third kappa shape index (κ3) is 3.63. The van der Waals surface area contributed by atoms with Crippen LogP contribution in [0.5, 0.6) is 5.75 Å². The molecule has 0 heterocycles. The van der Waals surface area contributed by atoms with E-state index in [1.165, 1.54) is 41.5 Å². The molecule has 0 aliphatic rings. The molecule has 0 bridgehead atoms. The molecule has 1 aromatic carbocycles. The minimum absolute atomic E-state index is 0.952. The molecule has 1 aromatic rings. The maximum atomic E-state index is 5.36. The quantitative estimate of drug-likeness (QED) is 0.655. The van der Waals surface area contributed by atoms with Crippen LogP contribution in [-0.4, -0.2) is 7.11 Å². The third-order valence-electron chi connectivity index (χ3n) is 3.41. The first-order chi connectivity index (χ1) is 8.63. The fourth-order valence-corrected chi connectivity index (χ4v) is 2.41. The normalized spacial score (nSPS) is 12.3. The van der Waals surface area contributed by atoms with E-state index in [4.69, 9.17) is 4.74 Å². The van der Waals surface area contributed by atoms with Gasteiger partial charge in [0, 0.05) is 0 Å². The molecule has 0 unspecified atom stereocenters. The Balaban J connectivity index is 3.24. The molecule has 0 amide bonds. The molecule has 1 nitrogen and oxygen atoms in total. The highest BCUT2D eigenvalue weighted by Crippen LogP contribution is 2.31. The Morgan fingerprint density at radius 1 is 1.11 bits per heavy atom. The molecule has 0 aliphatic heterocycles. The van der Waals surface area contributed by atoms with Crippen LogP contribution < -0.4 is 4.74 Å². The molecule has 0 atom stereocenters. The zero-order chi connectivity index (χ0) is 13.5. The summed E-state index contributed by atoms with van der Waals surface area (Å²) in [6.07, 6.45) is 4.74. The van der Waals surface area contributed by atoms with Crippen LogP contribution in [0.2, 0.25) is 0 Å². The summed E-state index contributed by atoms with van der Waals surface area (Å²) in [6, 6.07) is 6.38. The molecule has 100 valence electrons. The molecule has 0 fully saturated rings. The van der Waals surface area contributed by atoms with Gasteiger partial charge in [0.05, 0.1) is 7.11 Å². The number of ether oxygens (including phenoxy) is 1. The number of benzene rings is 1. The van der Waals surface area contributed by atoms with Crippen molar-refractivity contribution in [1.29, 1.82) is 0 Å². The SMILES string of the molecule is CCC/C(C)=C(/CCC)c1cc(OC)ccc1C. The summed E-state index contributed by atoms with van der Waals surface area (Å²) in [4.78, 5) is 0. The lowest BCUT2D eigenvalue weighted by atomic mass is 9.91. The lowest BCUT2D eigenvalue weighted by Crippen LogP contribution is -1.95. The number of hydrogen-bond acceptors (Lipinski definition) is 1. The maximum Gasteiger partial charge on any atom is 0.119 e. The molecular weight excluding hydrogens is 220 g/mol. The molecule has 0 N–H and O–H groups in total. The topological polar surface area (TPSA) is 9.23 Å². The summed E-state index contributed by atoms with van der Waals surface area (Å²) < 4.78 is 5.36. The molecule has 0 saturated carbocycles. The van der Waals surface area contributed by atoms with Gasteiger partial charge in [-0.3, -0.25) is 0 Å². The summed E-state index contributed by atoms with van der Waals surface area (Å²) in [5.41, 5.74) is 5.74. The van der Waals surface area contributed by atoms with Gasteiger partial charge in [-0.1, -0.05) is 38.3 Å². The van der Waals surface area contributed by atoms with Gasteiger partial charge in [-0.2, -0.15) is 0 Å². The number of aryl methyl sites for hydroxylation is 1. The first kappa shape index (κ1) is 14.8. The smallest absolute Gasteiger partial charge is 0.119 e. The Labute approximate surface area is 112 Å². The summed E-state index contributed by atoms with van der Waals surface area (Å²) in [6.45, 7) is 8.94. The van der Waals surface area contributed by atoms with Crippen molar-refractivity contribution in [2.75, 3.05) is 7.11 Å². The van der Waals surface area contributed by atoms with Crippen molar-refractivity contribution < 1.29 is 4.74 Å². The van der Waals surface area contributed by atoms with Gasteiger partial charge >= 0.3 is 0 Å². The average molecular weight is 246 g/mol. The monoisotopic (exact) mass is 246 g/mol. The van der Waals surface area contributed by atoms with Crippen LogP contribution in [0.4, 0.5) is 0 Å². The van der Waals surface area contributed by atoms with Crippen molar-refractivity contribution in [2.24, 2.45) is 0 Å². The van der Waals surface area contributed by atoms with Crippen LogP contribution >= 0.6 is 0 Å². The first-order valence-electron chi connectivity index (χ1n) is 6.97. The summed E-state index contributed by atoms with van der Waals surface area (Å²) in [5, 5.41) is 0. The Kier molecular flexibility index (Phi) is 5.97. The largest absolute Gasteiger partial charge is 0.497 e. The molecular formula is C17H26O. The van der Waals surface area contributed by atoms with Gasteiger partial charge in [0.1, 0.15) is 5.75 Å². The lowest BCUT2D eigenvalue weighted by molar-refractivity contribution is 0.414. The first-order valence-corrected chi connectivity index (χ1v) is 6.97. The van der Waals surface area contributed by atoms with Crippen molar-refractivity contribution >= 4 is 5.57 Å². The standard InChI is InChI=1S/C17H26O/c1-6-8-13(3)16(9-7-2)17-12-15(18-5)11-10-14(17)4/h10-12H,6-9H2,1-5H3/b16-13-. The highest BCUT2D eigenvalue weighted by Gasteiger charge is 2.09. The Morgan fingerprint density at radius 3 is 2.33 bits per heavy atom. The highest BCUT2D eigenvalue weighted by atomic mass is 16.5.